The van der Waals surface area contributed by atoms with E-state index in [0.717, 1.165) is 6.92 Å². The number of primary amides is 1. The van der Waals surface area contributed by atoms with Crippen LogP contribution in [0.5, 0.6) is 0 Å². The lowest BCUT2D eigenvalue weighted by atomic mass is 10.0. The van der Waals surface area contributed by atoms with Crippen LogP contribution in [0.25, 0.3) is 0 Å². The molecule has 0 aromatic rings. The van der Waals surface area contributed by atoms with Crippen molar-refractivity contribution in [3.63, 3.8) is 0 Å². The van der Waals surface area contributed by atoms with Gasteiger partial charge in [0.1, 0.15) is 0 Å². The van der Waals surface area contributed by atoms with Gasteiger partial charge in [0.05, 0.1) is 12.0 Å². The largest absolute Gasteiger partial charge is 0.391 e. The predicted octanol–water partition coefficient (Wildman–Crippen LogP) is 0.387. The summed E-state index contributed by atoms with van der Waals surface area (Å²) < 4.78 is 35.6. The molecule has 1 unspecified atom stereocenters. The molecule has 0 aromatic carbocycles. The molecule has 72 valence electrons. The summed E-state index contributed by atoms with van der Waals surface area (Å²) in [5, 5.41) is 0. The van der Waals surface area contributed by atoms with E-state index in [2.05, 4.69) is 0 Å². The van der Waals surface area contributed by atoms with Crippen LogP contribution in [0.1, 0.15) is 13.3 Å². The van der Waals surface area contributed by atoms with Crippen LogP contribution in [0.15, 0.2) is 0 Å². The van der Waals surface area contributed by atoms with Crippen LogP contribution in [-0.4, -0.2) is 18.1 Å². The molecule has 0 aliphatic rings. The van der Waals surface area contributed by atoms with Crippen molar-refractivity contribution in [2.75, 3.05) is 0 Å². The number of carbonyl (C=O) groups is 1. The fraction of sp³-hybridized carbons (Fsp3) is 0.833. The molecule has 0 saturated heterocycles. The van der Waals surface area contributed by atoms with Crippen molar-refractivity contribution in [1.29, 1.82) is 0 Å². The summed E-state index contributed by atoms with van der Waals surface area (Å²) in [6.07, 6.45) is -4.77. The van der Waals surface area contributed by atoms with Gasteiger partial charge in [0.15, 0.2) is 0 Å². The van der Waals surface area contributed by atoms with Crippen LogP contribution < -0.4 is 11.5 Å². The average molecular weight is 184 g/mol. The zero-order chi connectivity index (χ0) is 9.94. The van der Waals surface area contributed by atoms with Gasteiger partial charge in [0.25, 0.3) is 0 Å². The molecule has 0 aromatic heterocycles. The Morgan fingerprint density at radius 1 is 1.50 bits per heavy atom. The minimum Gasteiger partial charge on any atom is -0.368 e. The van der Waals surface area contributed by atoms with E-state index in [9.17, 15) is 18.0 Å². The molecule has 12 heavy (non-hydrogen) atoms. The second kappa shape index (κ2) is 3.75. The molecule has 0 fully saturated rings. The lowest BCUT2D eigenvalue weighted by molar-refractivity contribution is -0.172. The standard InChI is InChI=1S/C6H11F3N2O/c1-3(6(7,8)9)2-4(10)5(11)12/h3-4H,2,10H2,1H3,(H2,11,12)/t3?,4-/m0/s1. The van der Waals surface area contributed by atoms with Gasteiger partial charge >= 0.3 is 6.18 Å². The van der Waals surface area contributed by atoms with Gasteiger partial charge in [0.2, 0.25) is 5.91 Å². The molecule has 0 rings (SSSR count). The number of hydrogen-bond acceptors (Lipinski definition) is 2. The van der Waals surface area contributed by atoms with Crippen molar-refractivity contribution in [3.05, 3.63) is 0 Å². The Kier molecular flexibility index (Phi) is 3.51. The van der Waals surface area contributed by atoms with Crippen LogP contribution in [0, 0.1) is 5.92 Å². The highest BCUT2D eigenvalue weighted by Crippen LogP contribution is 2.28. The highest BCUT2D eigenvalue weighted by Gasteiger charge is 2.37. The van der Waals surface area contributed by atoms with Gasteiger partial charge in [-0.05, 0) is 6.42 Å². The molecule has 3 nitrogen and oxygen atoms in total. The second-order valence-corrected chi connectivity index (χ2v) is 2.69. The molecular weight excluding hydrogens is 173 g/mol. The lowest BCUT2D eigenvalue weighted by Crippen LogP contribution is -2.39. The highest BCUT2D eigenvalue weighted by molar-refractivity contribution is 5.79. The maximum absolute atomic E-state index is 11.9. The Labute approximate surface area is 67.9 Å². The Hall–Kier alpha value is -0.780. The number of carbonyl (C=O) groups excluding carboxylic acids is 1. The van der Waals surface area contributed by atoms with Gasteiger partial charge in [-0.15, -0.1) is 0 Å². The van der Waals surface area contributed by atoms with Gasteiger partial charge in [-0.3, -0.25) is 4.79 Å². The van der Waals surface area contributed by atoms with Crippen molar-refractivity contribution in [2.45, 2.75) is 25.6 Å². The molecule has 0 saturated carbocycles. The summed E-state index contributed by atoms with van der Waals surface area (Å²) in [5.41, 5.74) is 9.74. The van der Waals surface area contributed by atoms with Crippen LogP contribution >= 0.6 is 0 Å². The first-order valence-corrected chi connectivity index (χ1v) is 3.36. The summed E-state index contributed by atoms with van der Waals surface area (Å²) in [7, 11) is 0. The van der Waals surface area contributed by atoms with E-state index in [1.165, 1.54) is 0 Å². The van der Waals surface area contributed by atoms with Crippen molar-refractivity contribution in [3.8, 4) is 0 Å². The Morgan fingerprint density at radius 3 is 2.17 bits per heavy atom. The third-order valence-electron chi connectivity index (χ3n) is 1.53. The molecule has 0 heterocycles. The number of halogens is 3. The summed E-state index contributed by atoms with van der Waals surface area (Å²) >= 11 is 0. The molecular formula is C6H11F3N2O. The van der Waals surface area contributed by atoms with E-state index in [1.807, 2.05) is 0 Å². The van der Waals surface area contributed by atoms with Gasteiger partial charge in [-0.2, -0.15) is 13.2 Å². The van der Waals surface area contributed by atoms with Crippen LogP contribution in [-0.2, 0) is 4.79 Å². The fourth-order valence-corrected chi connectivity index (χ4v) is 0.631. The van der Waals surface area contributed by atoms with Crippen LogP contribution in [0.4, 0.5) is 13.2 Å². The zero-order valence-electron chi connectivity index (χ0n) is 6.56. The van der Waals surface area contributed by atoms with E-state index in [1.54, 1.807) is 0 Å². The second-order valence-electron chi connectivity index (χ2n) is 2.69. The number of rotatable bonds is 3. The van der Waals surface area contributed by atoms with Crippen molar-refractivity contribution in [1.82, 2.24) is 0 Å². The van der Waals surface area contributed by atoms with Crippen LogP contribution in [0.2, 0.25) is 0 Å². The van der Waals surface area contributed by atoms with Crippen molar-refractivity contribution >= 4 is 5.91 Å². The van der Waals surface area contributed by atoms with E-state index in [-0.39, 0.29) is 0 Å². The first kappa shape index (κ1) is 11.2. The third kappa shape index (κ3) is 3.56. The number of amides is 1. The van der Waals surface area contributed by atoms with Crippen LogP contribution in [0.3, 0.4) is 0 Å². The van der Waals surface area contributed by atoms with E-state index in [0.29, 0.717) is 0 Å². The predicted molar refractivity (Wildman–Crippen MR) is 37.0 cm³/mol. The number of hydrogen-bond donors (Lipinski definition) is 2. The normalized spacial score (nSPS) is 17.1. The van der Waals surface area contributed by atoms with Gasteiger partial charge in [0, 0.05) is 0 Å². The molecule has 0 radical (unpaired) electrons. The molecule has 2 atom stereocenters. The third-order valence-corrected chi connectivity index (χ3v) is 1.53. The average Bonchev–Trinajstić information content (AvgIpc) is 1.85. The molecule has 6 heteroatoms. The number of alkyl halides is 3. The van der Waals surface area contributed by atoms with Gasteiger partial charge in [-0.25, -0.2) is 0 Å². The fourth-order valence-electron chi connectivity index (χ4n) is 0.631. The van der Waals surface area contributed by atoms with Gasteiger partial charge in [-0.1, -0.05) is 6.92 Å². The maximum atomic E-state index is 11.9. The summed E-state index contributed by atoms with van der Waals surface area (Å²) in [5.74, 6) is -2.51. The molecule has 0 bridgehead atoms. The minimum atomic E-state index is -4.31. The first-order chi connectivity index (χ1) is 5.25. The molecule has 0 aliphatic carbocycles. The maximum Gasteiger partial charge on any atom is 0.391 e. The molecule has 0 spiro atoms. The van der Waals surface area contributed by atoms with Crippen molar-refractivity contribution < 1.29 is 18.0 Å². The van der Waals surface area contributed by atoms with Crippen molar-refractivity contribution in [2.24, 2.45) is 17.4 Å². The highest BCUT2D eigenvalue weighted by atomic mass is 19.4. The molecule has 4 N–H and O–H groups in total. The minimum absolute atomic E-state index is 0.459. The monoisotopic (exact) mass is 184 g/mol. The smallest absolute Gasteiger partial charge is 0.368 e. The summed E-state index contributed by atoms with van der Waals surface area (Å²) in [4.78, 5) is 10.3. The van der Waals surface area contributed by atoms with Gasteiger partial charge < -0.3 is 11.5 Å². The van der Waals surface area contributed by atoms with E-state index in [4.69, 9.17) is 11.5 Å². The zero-order valence-corrected chi connectivity index (χ0v) is 6.56. The topological polar surface area (TPSA) is 69.1 Å². The Morgan fingerprint density at radius 2 is 1.92 bits per heavy atom. The summed E-state index contributed by atoms with van der Waals surface area (Å²) in [6, 6.07) is -1.22. The summed E-state index contributed by atoms with van der Waals surface area (Å²) in [6.45, 7) is 0.961. The quantitative estimate of drug-likeness (QED) is 0.666. The number of nitrogens with two attached hydrogens (primary N) is 2. The van der Waals surface area contributed by atoms with E-state index >= 15 is 0 Å². The Bertz CT molecular complexity index is 169. The first-order valence-electron chi connectivity index (χ1n) is 3.36. The van der Waals surface area contributed by atoms with E-state index < -0.39 is 30.5 Å². The molecule has 1 amide bonds. The lowest BCUT2D eigenvalue weighted by Gasteiger charge is -2.17. The Balaban J connectivity index is 4.01. The molecule has 0 aliphatic heterocycles. The SMILES string of the molecule is CC(C[C@H](N)C(N)=O)C(F)(F)F.